The number of nitrogens with zero attached hydrogens (tertiary/aromatic N) is 3. The number of carbonyl (C=O) groups excluding carboxylic acids is 3. The number of unbranched alkanes of at least 4 members (excludes halogenated alkanes) is 1. The van der Waals surface area contributed by atoms with Gasteiger partial charge in [0.25, 0.3) is 11.5 Å². The molecule has 1 spiro atoms. The van der Waals surface area contributed by atoms with Crippen LogP contribution in [0.1, 0.15) is 59.8 Å². The third kappa shape index (κ3) is 5.32. The van der Waals surface area contributed by atoms with Crippen molar-refractivity contribution in [2.75, 3.05) is 37.4 Å². The maximum atomic E-state index is 13.5. The highest BCUT2D eigenvalue weighted by atomic mass is 16.5. The Hall–Kier alpha value is -3.15. The highest BCUT2D eigenvalue weighted by molar-refractivity contribution is 6.10. The van der Waals surface area contributed by atoms with E-state index < -0.39 is 41.2 Å². The topological polar surface area (TPSA) is 160 Å². The average Bonchev–Trinajstić information content (AvgIpc) is 2.97. The van der Waals surface area contributed by atoms with E-state index in [1.54, 1.807) is 0 Å². The zero-order valence-electron chi connectivity index (χ0n) is 21.8. The van der Waals surface area contributed by atoms with Crippen LogP contribution in [0.3, 0.4) is 0 Å². The largest absolute Gasteiger partial charge is 0.383 e. The molecule has 4 amide bonds. The van der Waals surface area contributed by atoms with Gasteiger partial charge in [-0.25, -0.2) is 9.59 Å². The van der Waals surface area contributed by atoms with Crippen LogP contribution in [0.5, 0.6) is 0 Å². The van der Waals surface area contributed by atoms with Gasteiger partial charge in [-0.05, 0) is 37.0 Å². The van der Waals surface area contributed by atoms with Crippen molar-refractivity contribution in [1.82, 2.24) is 19.8 Å². The van der Waals surface area contributed by atoms with Gasteiger partial charge in [0.1, 0.15) is 17.9 Å². The maximum absolute atomic E-state index is 13.5. The first-order valence-electron chi connectivity index (χ1n) is 12.4. The van der Waals surface area contributed by atoms with Gasteiger partial charge in [-0.1, -0.05) is 34.1 Å². The molecule has 2 heterocycles. The Morgan fingerprint density at radius 3 is 2.53 bits per heavy atom. The molecule has 0 aromatic carbocycles. The smallest absolute Gasteiger partial charge is 0.330 e. The normalized spacial score (nSPS) is 23.2. The van der Waals surface area contributed by atoms with Crippen LogP contribution in [-0.4, -0.2) is 64.6 Å². The summed E-state index contributed by atoms with van der Waals surface area (Å²) in [5.41, 5.74) is 3.29. The van der Waals surface area contributed by atoms with Crippen molar-refractivity contribution in [3.05, 3.63) is 20.8 Å². The van der Waals surface area contributed by atoms with Crippen LogP contribution in [-0.2, 0) is 20.9 Å². The highest BCUT2D eigenvalue weighted by Crippen LogP contribution is 2.46. The van der Waals surface area contributed by atoms with Gasteiger partial charge in [0.05, 0.1) is 6.61 Å². The van der Waals surface area contributed by atoms with Crippen molar-refractivity contribution >= 4 is 29.4 Å². The quantitative estimate of drug-likeness (QED) is 0.422. The molecule has 200 valence electrons. The van der Waals surface area contributed by atoms with Crippen LogP contribution in [0.2, 0.25) is 0 Å². The van der Waals surface area contributed by atoms with E-state index in [-0.39, 0.29) is 42.5 Å². The summed E-state index contributed by atoms with van der Waals surface area (Å²) in [6.07, 6.45) is 3.32. The standard InChI is InChI=1S/C24H38N6O6/c1-6-7-8-29-18(25)17(19(32)26-21(29)34)28(9-10-36-5)16(31)13-30-20(33)24(27-22(30)35)12-15(2)11-23(3,4)14-24/h15H,6-14,25H2,1-5H3,(H,27,35)(H,26,32,34)/t15-,24-/m1/s1. The van der Waals surface area contributed by atoms with Gasteiger partial charge in [0.15, 0.2) is 5.69 Å². The van der Waals surface area contributed by atoms with Gasteiger partial charge < -0.3 is 20.7 Å². The summed E-state index contributed by atoms with van der Waals surface area (Å²) >= 11 is 0. The third-order valence-corrected chi connectivity index (χ3v) is 6.96. The molecule has 1 aliphatic heterocycles. The van der Waals surface area contributed by atoms with Gasteiger partial charge in [-0.3, -0.25) is 28.8 Å². The first kappa shape index (κ1) is 27.4. The van der Waals surface area contributed by atoms with Crippen molar-refractivity contribution in [1.29, 1.82) is 0 Å². The maximum Gasteiger partial charge on any atom is 0.330 e. The van der Waals surface area contributed by atoms with Gasteiger partial charge in [-0.2, -0.15) is 0 Å². The molecule has 1 aliphatic carbocycles. The lowest BCUT2D eigenvalue weighted by molar-refractivity contribution is -0.137. The van der Waals surface area contributed by atoms with Crippen LogP contribution in [0.15, 0.2) is 9.59 Å². The number of nitrogens with two attached hydrogens (primary N) is 1. The van der Waals surface area contributed by atoms with Crippen LogP contribution in [0.4, 0.5) is 16.3 Å². The molecule has 1 saturated heterocycles. The number of anilines is 2. The van der Waals surface area contributed by atoms with Gasteiger partial charge in [0.2, 0.25) is 5.91 Å². The predicted octanol–water partition coefficient (Wildman–Crippen LogP) is 1.04. The highest BCUT2D eigenvalue weighted by Gasteiger charge is 2.56. The monoisotopic (exact) mass is 506 g/mol. The number of rotatable bonds is 9. The van der Waals surface area contributed by atoms with E-state index in [4.69, 9.17) is 10.5 Å². The Morgan fingerprint density at radius 1 is 1.22 bits per heavy atom. The van der Waals surface area contributed by atoms with E-state index in [1.807, 2.05) is 13.8 Å². The summed E-state index contributed by atoms with van der Waals surface area (Å²) in [5, 5.41) is 2.85. The molecule has 1 aromatic heterocycles. The Morgan fingerprint density at radius 2 is 1.92 bits per heavy atom. The number of hydrogen-bond donors (Lipinski definition) is 3. The average molecular weight is 507 g/mol. The van der Waals surface area contributed by atoms with Crippen molar-refractivity contribution in [2.45, 2.75) is 71.9 Å². The molecular weight excluding hydrogens is 468 g/mol. The minimum absolute atomic E-state index is 0.0621. The van der Waals surface area contributed by atoms with Crippen LogP contribution in [0, 0.1) is 11.3 Å². The first-order chi connectivity index (χ1) is 16.9. The number of carbonyl (C=O) groups is 3. The number of imide groups is 1. The lowest BCUT2D eigenvalue weighted by Crippen LogP contribution is -2.54. The summed E-state index contributed by atoms with van der Waals surface area (Å²) < 4.78 is 6.31. The number of aromatic nitrogens is 2. The number of ether oxygens (including phenoxy) is 1. The molecular formula is C24H38N6O6. The minimum atomic E-state index is -1.06. The lowest BCUT2D eigenvalue weighted by Gasteiger charge is -2.43. The number of nitrogens with one attached hydrogen (secondary N) is 2. The van der Waals surface area contributed by atoms with Gasteiger partial charge >= 0.3 is 11.7 Å². The third-order valence-electron chi connectivity index (χ3n) is 6.96. The second-order valence-electron chi connectivity index (χ2n) is 10.8. The van der Waals surface area contributed by atoms with Gasteiger partial charge in [-0.15, -0.1) is 0 Å². The summed E-state index contributed by atoms with van der Waals surface area (Å²) in [4.78, 5) is 69.2. The second kappa shape index (κ2) is 10.5. The van der Waals surface area contributed by atoms with E-state index in [1.165, 1.54) is 11.7 Å². The number of urea groups is 1. The molecule has 0 unspecified atom stereocenters. The van der Waals surface area contributed by atoms with Crippen molar-refractivity contribution in [3.63, 3.8) is 0 Å². The molecule has 1 aromatic rings. The number of methoxy groups -OCH3 is 1. The zero-order valence-corrected chi connectivity index (χ0v) is 21.8. The van der Waals surface area contributed by atoms with Crippen molar-refractivity contribution in [2.24, 2.45) is 11.3 Å². The zero-order chi connectivity index (χ0) is 26.8. The summed E-state index contributed by atoms with van der Waals surface area (Å²) in [6.45, 7) is 7.81. The molecule has 2 atom stereocenters. The fourth-order valence-corrected chi connectivity index (χ4v) is 5.79. The van der Waals surface area contributed by atoms with E-state index in [0.717, 1.165) is 22.6 Å². The Balaban J connectivity index is 1.93. The summed E-state index contributed by atoms with van der Waals surface area (Å²) in [5.74, 6) is -1.07. The van der Waals surface area contributed by atoms with E-state index in [9.17, 15) is 24.0 Å². The van der Waals surface area contributed by atoms with E-state index >= 15 is 0 Å². The number of aromatic amines is 1. The van der Waals surface area contributed by atoms with E-state index in [0.29, 0.717) is 19.3 Å². The fourth-order valence-electron chi connectivity index (χ4n) is 5.79. The molecule has 1 saturated carbocycles. The van der Waals surface area contributed by atoms with Crippen molar-refractivity contribution < 1.29 is 19.1 Å². The van der Waals surface area contributed by atoms with E-state index in [2.05, 4.69) is 24.1 Å². The Kier molecular flexibility index (Phi) is 7.97. The summed E-state index contributed by atoms with van der Waals surface area (Å²) in [7, 11) is 1.44. The second-order valence-corrected chi connectivity index (χ2v) is 10.8. The van der Waals surface area contributed by atoms with Crippen molar-refractivity contribution in [3.8, 4) is 0 Å². The SMILES string of the molecule is CCCCn1c(N)c(N(CCOC)C(=O)CN2C(=O)N[C@@]3(C[C@H](C)CC(C)(C)C3)C2=O)c(=O)[nH]c1=O. The summed E-state index contributed by atoms with van der Waals surface area (Å²) in [6, 6.07) is -0.639. The number of amides is 4. The van der Waals surface area contributed by atoms with Gasteiger partial charge in [0, 0.05) is 20.2 Å². The molecule has 36 heavy (non-hydrogen) atoms. The van der Waals surface area contributed by atoms with Crippen LogP contribution >= 0.6 is 0 Å². The molecule has 12 heteroatoms. The fraction of sp³-hybridized carbons (Fsp3) is 0.708. The molecule has 0 bridgehead atoms. The van der Waals surface area contributed by atoms with Crippen LogP contribution in [0.25, 0.3) is 0 Å². The molecule has 2 aliphatic rings. The number of hydrogen-bond acceptors (Lipinski definition) is 7. The minimum Gasteiger partial charge on any atom is -0.383 e. The van der Waals surface area contributed by atoms with Crippen LogP contribution < -0.4 is 27.2 Å². The predicted molar refractivity (Wildman–Crippen MR) is 135 cm³/mol. The first-order valence-corrected chi connectivity index (χ1v) is 12.4. The number of H-pyrrole nitrogens is 1. The Bertz CT molecular complexity index is 1140. The molecule has 3 rings (SSSR count). The molecule has 2 fully saturated rings. The Labute approximate surface area is 210 Å². The molecule has 0 radical (unpaired) electrons. The number of nitrogen functional groups attached to an aromatic ring is 1. The molecule has 12 nitrogen and oxygen atoms in total. The molecule has 4 N–H and O–H groups in total. The lowest BCUT2D eigenvalue weighted by atomic mass is 9.64.